The third-order valence-electron chi connectivity index (χ3n) is 4.08. The quantitative estimate of drug-likeness (QED) is 0.534. The number of piperidine rings is 1. The van der Waals surface area contributed by atoms with Gasteiger partial charge in [-0.2, -0.15) is 0 Å². The van der Waals surface area contributed by atoms with Crippen LogP contribution in [0.5, 0.6) is 0 Å². The van der Waals surface area contributed by atoms with Crippen molar-refractivity contribution in [2.24, 2.45) is 4.99 Å². The third kappa shape index (κ3) is 5.26. The van der Waals surface area contributed by atoms with Gasteiger partial charge in [0.15, 0.2) is 5.96 Å². The van der Waals surface area contributed by atoms with Crippen LogP contribution in [-0.4, -0.2) is 54.6 Å². The van der Waals surface area contributed by atoms with E-state index >= 15 is 0 Å². The zero-order chi connectivity index (χ0) is 17.4. The molecule has 134 valence electrons. The number of carbonyl (C=O) groups is 1. The fraction of sp³-hybridized carbons (Fsp3) is 0.647. The van der Waals surface area contributed by atoms with E-state index in [1.165, 1.54) is 12.7 Å². The van der Waals surface area contributed by atoms with Crippen LogP contribution in [0.4, 0.5) is 0 Å². The van der Waals surface area contributed by atoms with E-state index in [2.05, 4.69) is 15.6 Å². The summed E-state index contributed by atoms with van der Waals surface area (Å²) in [5.74, 6) is 1.04. The van der Waals surface area contributed by atoms with Gasteiger partial charge in [0.1, 0.15) is 17.9 Å². The summed E-state index contributed by atoms with van der Waals surface area (Å²) in [5, 5.41) is 16.6. The predicted molar refractivity (Wildman–Crippen MR) is 92.7 cm³/mol. The van der Waals surface area contributed by atoms with E-state index in [0.29, 0.717) is 18.3 Å². The predicted octanol–water partition coefficient (Wildman–Crippen LogP) is 1.05. The maximum absolute atomic E-state index is 12.2. The molecule has 1 aromatic rings. The first-order chi connectivity index (χ1) is 11.5. The smallest absolute Gasteiger partial charge is 0.244 e. The summed E-state index contributed by atoms with van der Waals surface area (Å²) >= 11 is 0. The van der Waals surface area contributed by atoms with E-state index in [4.69, 9.17) is 4.42 Å². The van der Waals surface area contributed by atoms with Crippen LogP contribution < -0.4 is 10.6 Å². The number of furan rings is 1. The first kappa shape index (κ1) is 18.3. The maximum atomic E-state index is 12.2. The molecule has 0 radical (unpaired) electrons. The normalized spacial score (nSPS) is 18.1. The summed E-state index contributed by atoms with van der Waals surface area (Å²) in [6.45, 7) is 6.28. The molecule has 1 saturated heterocycles. The summed E-state index contributed by atoms with van der Waals surface area (Å²) in [5.41, 5.74) is -1.16. The van der Waals surface area contributed by atoms with Crippen molar-refractivity contribution in [3.63, 3.8) is 0 Å². The van der Waals surface area contributed by atoms with Crippen LogP contribution in [0, 0.1) is 0 Å². The summed E-state index contributed by atoms with van der Waals surface area (Å²) in [4.78, 5) is 18.4. The number of hydrogen-bond donors (Lipinski definition) is 3. The van der Waals surface area contributed by atoms with Gasteiger partial charge in [0, 0.05) is 19.6 Å². The van der Waals surface area contributed by atoms with Gasteiger partial charge in [0.05, 0.1) is 12.8 Å². The molecule has 1 fully saturated rings. The molecule has 7 heteroatoms. The fourth-order valence-electron chi connectivity index (χ4n) is 2.66. The van der Waals surface area contributed by atoms with Crippen molar-refractivity contribution < 1.29 is 14.3 Å². The molecule has 1 amide bonds. The number of nitrogens with zero attached hydrogens (tertiary/aromatic N) is 2. The Morgan fingerprint density at radius 1 is 1.38 bits per heavy atom. The average molecular weight is 336 g/mol. The molecular formula is C17H28N4O3. The summed E-state index contributed by atoms with van der Waals surface area (Å²) < 4.78 is 5.26. The van der Waals surface area contributed by atoms with Crippen LogP contribution >= 0.6 is 0 Å². The van der Waals surface area contributed by atoms with Crippen molar-refractivity contribution in [2.45, 2.75) is 38.7 Å². The topological polar surface area (TPSA) is 90.1 Å². The lowest BCUT2D eigenvalue weighted by Gasteiger charge is -2.26. The molecular weight excluding hydrogens is 308 g/mol. The van der Waals surface area contributed by atoms with Gasteiger partial charge in [-0.3, -0.25) is 4.79 Å². The number of rotatable bonds is 6. The highest BCUT2D eigenvalue weighted by molar-refractivity contribution is 5.85. The van der Waals surface area contributed by atoms with E-state index in [-0.39, 0.29) is 19.0 Å². The van der Waals surface area contributed by atoms with E-state index in [0.717, 1.165) is 25.9 Å². The van der Waals surface area contributed by atoms with Crippen LogP contribution in [0.1, 0.15) is 38.9 Å². The number of guanidine groups is 1. The Labute approximate surface area is 143 Å². The van der Waals surface area contributed by atoms with E-state index < -0.39 is 5.60 Å². The van der Waals surface area contributed by atoms with E-state index in [1.807, 2.05) is 11.8 Å². The lowest BCUT2D eigenvalue weighted by Crippen LogP contribution is -2.45. The minimum absolute atomic E-state index is 0.0460. The molecule has 1 aliphatic heterocycles. The molecule has 2 rings (SSSR count). The van der Waals surface area contributed by atoms with Crippen molar-refractivity contribution >= 4 is 11.9 Å². The fourth-order valence-corrected chi connectivity index (χ4v) is 2.66. The molecule has 0 bridgehead atoms. The van der Waals surface area contributed by atoms with Gasteiger partial charge < -0.3 is 25.1 Å². The standard InChI is InChI=1S/C17H28N4O3/c1-3-18-16(19-12-15(22)21-9-5-4-6-10-21)20-13-17(2,23)14-8-7-11-24-14/h7-8,11,23H,3-6,9-10,12-13H2,1-2H3,(H2,18,19,20). The van der Waals surface area contributed by atoms with Gasteiger partial charge in [-0.1, -0.05) is 0 Å². The summed E-state index contributed by atoms with van der Waals surface area (Å²) in [6, 6.07) is 3.46. The Morgan fingerprint density at radius 2 is 2.12 bits per heavy atom. The Hall–Kier alpha value is -2.02. The second kappa shape index (κ2) is 8.73. The van der Waals surface area contributed by atoms with Crippen molar-refractivity contribution in [3.8, 4) is 0 Å². The number of likely N-dealkylation sites (tertiary alicyclic amines) is 1. The number of aliphatic hydroxyl groups is 1. The van der Waals surface area contributed by atoms with Crippen LogP contribution in [0.25, 0.3) is 0 Å². The van der Waals surface area contributed by atoms with Crippen LogP contribution in [-0.2, 0) is 10.4 Å². The highest BCUT2D eigenvalue weighted by Crippen LogP contribution is 2.19. The molecule has 2 heterocycles. The van der Waals surface area contributed by atoms with Crippen LogP contribution in [0.2, 0.25) is 0 Å². The lowest BCUT2D eigenvalue weighted by atomic mass is 10.0. The Kier molecular flexibility index (Phi) is 6.66. The van der Waals surface area contributed by atoms with E-state index in [9.17, 15) is 9.90 Å². The number of amides is 1. The molecule has 1 aliphatic rings. The molecule has 1 aromatic heterocycles. The number of nitrogens with one attached hydrogen (secondary N) is 2. The second-order valence-corrected chi connectivity index (χ2v) is 6.24. The molecule has 0 spiro atoms. The Bertz CT molecular complexity index is 534. The Balaban J connectivity index is 1.89. The molecule has 1 unspecified atom stereocenters. The summed E-state index contributed by atoms with van der Waals surface area (Å²) in [7, 11) is 0. The van der Waals surface area contributed by atoms with Gasteiger partial charge in [-0.05, 0) is 45.2 Å². The summed E-state index contributed by atoms with van der Waals surface area (Å²) in [6.07, 6.45) is 4.86. The van der Waals surface area contributed by atoms with Crippen LogP contribution in [0.3, 0.4) is 0 Å². The van der Waals surface area contributed by atoms with Crippen molar-refractivity contribution in [2.75, 3.05) is 32.7 Å². The first-order valence-corrected chi connectivity index (χ1v) is 8.59. The molecule has 0 aromatic carbocycles. The zero-order valence-corrected chi connectivity index (χ0v) is 14.5. The molecule has 3 N–H and O–H groups in total. The monoisotopic (exact) mass is 336 g/mol. The zero-order valence-electron chi connectivity index (χ0n) is 14.5. The van der Waals surface area contributed by atoms with Gasteiger partial charge in [-0.25, -0.2) is 4.99 Å². The number of aliphatic imine (C=N–C) groups is 1. The van der Waals surface area contributed by atoms with Crippen molar-refractivity contribution in [1.29, 1.82) is 0 Å². The molecule has 24 heavy (non-hydrogen) atoms. The third-order valence-corrected chi connectivity index (χ3v) is 4.08. The Morgan fingerprint density at radius 3 is 2.75 bits per heavy atom. The average Bonchev–Trinajstić information content (AvgIpc) is 3.13. The van der Waals surface area contributed by atoms with Gasteiger partial charge in [0.2, 0.25) is 5.91 Å². The molecule has 0 aliphatic carbocycles. The maximum Gasteiger partial charge on any atom is 0.244 e. The lowest BCUT2D eigenvalue weighted by molar-refractivity contribution is -0.130. The largest absolute Gasteiger partial charge is 0.466 e. The van der Waals surface area contributed by atoms with Crippen molar-refractivity contribution in [3.05, 3.63) is 24.2 Å². The van der Waals surface area contributed by atoms with E-state index in [1.54, 1.807) is 19.1 Å². The number of carbonyl (C=O) groups excluding carboxylic acids is 1. The second-order valence-electron chi connectivity index (χ2n) is 6.24. The highest BCUT2D eigenvalue weighted by Gasteiger charge is 2.26. The molecule has 1 atom stereocenters. The number of hydrogen-bond acceptors (Lipinski definition) is 4. The minimum Gasteiger partial charge on any atom is -0.466 e. The SMILES string of the molecule is CCNC(=NCC(=O)N1CCCCC1)NCC(C)(O)c1ccco1. The highest BCUT2D eigenvalue weighted by atomic mass is 16.4. The first-order valence-electron chi connectivity index (χ1n) is 8.59. The van der Waals surface area contributed by atoms with Gasteiger partial charge in [-0.15, -0.1) is 0 Å². The molecule has 0 saturated carbocycles. The van der Waals surface area contributed by atoms with Gasteiger partial charge in [0.25, 0.3) is 0 Å². The van der Waals surface area contributed by atoms with Crippen molar-refractivity contribution in [1.82, 2.24) is 15.5 Å². The molecule has 7 nitrogen and oxygen atoms in total. The van der Waals surface area contributed by atoms with Crippen LogP contribution in [0.15, 0.2) is 27.8 Å². The van der Waals surface area contributed by atoms with Gasteiger partial charge >= 0.3 is 0 Å². The minimum atomic E-state index is -1.16.